The lowest BCUT2D eigenvalue weighted by Gasteiger charge is -2.07. The summed E-state index contributed by atoms with van der Waals surface area (Å²) in [4.78, 5) is 8.75. The van der Waals surface area contributed by atoms with E-state index in [9.17, 15) is 0 Å². The Bertz CT molecular complexity index is 557. The van der Waals surface area contributed by atoms with Crippen molar-refractivity contribution in [2.75, 3.05) is 5.43 Å². The molecule has 0 aliphatic heterocycles. The van der Waals surface area contributed by atoms with E-state index >= 15 is 0 Å². The lowest BCUT2D eigenvalue weighted by Crippen LogP contribution is -2.10. The van der Waals surface area contributed by atoms with E-state index in [0.29, 0.717) is 5.82 Å². The number of benzene rings is 1. The first kappa shape index (κ1) is 13.8. The van der Waals surface area contributed by atoms with E-state index < -0.39 is 0 Å². The molecule has 5 heteroatoms. The van der Waals surface area contributed by atoms with Crippen molar-refractivity contribution in [3.63, 3.8) is 0 Å². The lowest BCUT2D eigenvalue weighted by atomic mass is 10.1. The topological polar surface area (TPSA) is 63.8 Å². The van der Waals surface area contributed by atoms with Gasteiger partial charge in [0, 0.05) is 17.5 Å². The molecule has 0 unspecified atom stereocenters. The largest absolute Gasteiger partial charge is 0.308 e. The molecule has 0 amide bonds. The number of nitrogens with two attached hydrogens (primary N) is 1. The van der Waals surface area contributed by atoms with Crippen molar-refractivity contribution < 1.29 is 0 Å². The number of nitrogens with zero attached hydrogens (tertiary/aromatic N) is 2. The predicted molar refractivity (Wildman–Crippen MR) is 80.8 cm³/mol. The van der Waals surface area contributed by atoms with Crippen LogP contribution in [0, 0.1) is 13.8 Å². The highest BCUT2D eigenvalue weighted by Crippen LogP contribution is 2.19. The van der Waals surface area contributed by atoms with E-state index in [0.717, 1.165) is 23.0 Å². The molecular weight excluding hydrogens is 256 g/mol. The van der Waals surface area contributed by atoms with Gasteiger partial charge in [-0.3, -0.25) is 0 Å². The van der Waals surface area contributed by atoms with Crippen LogP contribution >= 0.6 is 11.8 Å². The molecular formula is C14H18N4S. The van der Waals surface area contributed by atoms with E-state index in [4.69, 9.17) is 5.84 Å². The van der Waals surface area contributed by atoms with E-state index in [2.05, 4.69) is 46.6 Å². The van der Waals surface area contributed by atoms with Crippen LogP contribution in [0.25, 0.3) is 0 Å². The van der Waals surface area contributed by atoms with Gasteiger partial charge in [-0.25, -0.2) is 15.8 Å². The Morgan fingerprint density at radius 1 is 1.16 bits per heavy atom. The fraction of sp³-hybridized carbons (Fsp3) is 0.286. The quantitative estimate of drug-likeness (QED) is 0.648. The average molecular weight is 274 g/mol. The molecule has 100 valence electrons. The van der Waals surface area contributed by atoms with Crippen LogP contribution in [-0.2, 0) is 11.5 Å². The smallest absolute Gasteiger partial charge is 0.143 e. The zero-order chi connectivity index (χ0) is 13.7. The van der Waals surface area contributed by atoms with Gasteiger partial charge in [-0.15, -0.1) is 11.8 Å². The number of hydrogen-bond donors (Lipinski definition) is 2. The third-order valence-corrected chi connectivity index (χ3v) is 3.78. The molecule has 0 fully saturated rings. The number of aryl methyl sites for hydroxylation is 2. The maximum Gasteiger partial charge on any atom is 0.143 e. The van der Waals surface area contributed by atoms with Crippen molar-refractivity contribution in [1.82, 2.24) is 9.97 Å². The monoisotopic (exact) mass is 274 g/mol. The fourth-order valence-corrected chi connectivity index (χ4v) is 2.75. The third kappa shape index (κ3) is 3.94. The molecule has 0 bridgehead atoms. The van der Waals surface area contributed by atoms with Gasteiger partial charge in [-0.2, -0.15) is 0 Å². The molecule has 1 aromatic heterocycles. The van der Waals surface area contributed by atoms with Gasteiger partial charge < -0.3 is 5.43 Å². The highest BCUT2D eigenvalue weighted by molar-refractivity contribution is 7.97. The Balaban J connectivity index is 1.96. The summed E-state index contributed by atoms with van der Waals surface area (Å²) in [6, 6.07) is 10.3. The van der Waals surface area contributed by atoms with Crippen LogP contribution in [0.3, 0.4) is 0 Å². The van der Waals surface area contributed by atoms with Crippen LogP contribution in [0.5, 0.6) is 0 Å². The Morgan fingerprint density at radius 3 is 2.68 bits per heavy atom. The number of rotatable bonds is 5. The second-order valence-corrected chi connectivity index (χ2v) is 5.36. The van der Waals surface area contributed by atoms with Gasteiger partial charge in [-0.05, 0) is 25.0 Å². The SMILES string of the molecule is Cc1cc(NN)nc(CSCc2ccccc2C)n1. The van der Waals surface area contributed by atoms with Crippen molar-refractivity contribution in [2.24, 2.45) is 5.84 Å². The summed E-state index contributed by atoms with van der Waals surface area (Å²) in [5, 5.41) is 0. The summed E-state index contributed by atoms with van der Waals surface area (Å²) in [5.41, 5.74) is 6.17. The second kappa shape index (κ2) is 6.54. The molecule has 0 spiro atoms. The molecule has 2 rings (SSSR count). The summed E-state index contributed by atoms with van der Waals surface area (Å²) in [5.74, 6) is 8.61. The van der Waals surface area contributed by atoms with Crippen LogP contribution in [-0.4, -0.2) is 9.97 Å². The molecule has 0 saturated heterocycles. The number of nitrogen functional groups attached to an aromatic ring is 1. The maximum atomic E-state index is 5.38. The first-order valence-electron chi connectivity index (χ1n) is 6.12. The molecule has 1 aromatic carbocycles. The average Bonchev–Trinajstić information content (AvgIpc) is 2.40. The summed E-state index contributed by atoms with van der Waals surface area (Å²) in [6.45, 7) is 4.08. The number of anilines is 1. The van der Waals surface area contributed by atoms with Gasteiger partial charge in [-0.1, -0.05) is 24.3 Å². The molecule has 0 aliphatic carbocycles. The lowest BCUT2D eigenvalue weighted by molar-refractivity contribution is 0.990. The number of hydrazine groups is 1. The zero-order valence-electron chi connectivity index (χ0n) is 11.2. The number of nitrogens with one attached hydrogen (secondary N) is 1. The molecule has 4 nitrogen and oxygen atoms in total. The van der Waals surface area contributed by atoms with Gasteiger partial charge >= 0.3 is 0 Å². The number of thioether (sulfide) groups is 1. The highest BCUT2D eigenvalue weighted by atomic mass is 32.2. The maximum absolute atomic E-state index is 5.38. The third-order valence-electron chi connectivity index (χ3n) is 2.80. The first-order chi connectivity index (χ1) is 9.19. The number of aromatic nitrogens is 2. The van der Waals surface area contributed by atoms with Crippen molar-refractivity contribution in [3.8, 4) is 0 Å². The molecule has 0 aliphatic rings. The highest BCUT2D eigenvalue weighted by Gasteiger charge is 2.03. The van der Waals surface area contributed by atoms with E-state index in [1.807, 2.05) is 24.8 Å². The van der Waals surface area contributed by atoms with E-state index in [1.54, 1.807) is 0 Å². The molecule has 3 N–H and O–H groups in total. The first-order valence-corrected chi connectivity index (χ1v) is 7.28. The Hall–Kier alpha value is -1.59. The Kier molecular flexibility index (Phi) is 4.76. The summed E-state index contributed by atoms with van der Waals surface area (Å²) < 4.78 is 0. The van der Waals surface area contributed by atoms with Crippen molar-refractivity contribution in [1.29, 1.82) is 0 Å². The molecule has 0 atom stereocenters. The molecule has 0 saturated carbocycles. The van der Waals surface area contributed by atoms with Gasteiger partial charge in [0.1, 0.15) is 11.6 Å². The second-order valence-electron chi connectivity index (χ2n) is 4.37. The minimum atomic E-state index is 0.666. The standard InChI is InChI=1S/C14H18N4S/c1-10-5-3-4-6-12(10)8-19-9-14-16-11(2)7-13(17-14)18-15/h3-7H,8-9,15H2,1-2H3,(H,16,17,18). The summed E-state index contributed by atoms with van der Waals surface area (Å²) in [7, 11) is 0. The van der Waals surface area contributed by atoms with E-state index in [1.165, 1.54) is 11.1 Å². The summed E-state index contributed by atoms with van der Waals surface area (Å²) >= 11 is 1.81. The van der Waals surface area contributed by atoms with Crippen molar-refractivity contribution in [3.05, 3.63) is 53.0 Å². The van der Waals surface area contributed by atoms with Crippen LogP contribution in [0.4, 0.5) is 5.82 Å². The minimum Gasteiger partial charge on any atom is -0.308 e. The Morgan fingerprint density at radius 2 is 1.95 bits per heavy atom. The minimum absolute atomic E-state index is 0.666. The predicted octanol–water partition coefficient (Wildman–Crippen LogP) is 2.81. The van der Waals surface area contributed by atoms with Crippen molar-refractivity contribution >= 4 is 17.6 Å². The fourth-order valence-electron chi connectivity index (χ4n) is 1.79. The molecule has 2 aromatic rings. The van der Waals surface area contributed by atoms with Crippen molar-refractivity contribution in [2.45, 2.75) is 25.4 Å². The van der Waals surface area contributed by atoms with Crippen LogP contribution in [0.15, 0.2) is 30.3 Å². The van der Waals surface area contributed by atoms with Crippen LogP contribution < -0.4 is 11.3 Å². The van der Waals surface area contributed by atoms with Crippen LogP contribution in [0.2, 0.25) is 0 Å². The summed E-state index contributed by atoms with van der Waals surface area (Å²) in [6.07, 6.45) is 0. The van der Waals surface area contributed by atoms with Crippen LogP contribution in [0.1, 0.15) is 22.6 Å². The normalized spacial score (nSPS) is 10.5. The molecule has 1 heterocycles. The zero-order valence-corrected chi connectivity index (χ0v) is 12.0. The van der Waals surface area contributed by atoms with Gasteiger partial charge in [0.15, 0.2) is 0 Å². The molecule has 19 heavy (non-hydrogen) atoms. The van der Waals surface area contributed by atoms with Gasteiger partial charge in [0.2, 0.25) is 0 Å². The van der Waals surface area contributed by atoms with E-state index in [-0.39, 0.29) is 0 Å². The molecule has 0 radical (unpaired) electrons. The Labute approximate surface area is 117 Å². The number of hydrogen-bond acceptors (Lipinski definition) is 5. The van der Waals surface area contributed by atoms with Gasteiger partial charge in [0.05, 0.1) is 5.75 Å². The van der Waals surface area contributed by atoms with Gasteiger partial charge in [0.25, 0.3) is 0 Å².